The molecule has 4 nitrogen and oxygen atoms in total. The third kappa shape index (κ3) is 6.64. The van der Waals surface area contributed by atoms with E-state index in [9.17, 15) is 4.79 Å². The zero-order valence-electron chi connectivity index (χ0n) is 12.4. The van der Waals surface area contributed by atoms with Crippen LogP contribution in [0.25, 0.3) is 0 Å². The number of carbonyl (C=O) groups excluding carboxylic acids is 1. The van der Waals surface area contributed by atoms with Crippen LogP contribution in [0.1, 0.15) is 27.7 Å². The molecule has 0 aliphatic carbocycles. The van der Waals surface area contributed by atoms with Gasteiger partial charge in [-0.3, -0.25) is 4.79 Å². The summed E-state index contributed by atoms with van der Waals surface area (Å²) in [7, 11) is 5.96. The first-order chi connectivity index (χ1) is 7.75. The molecule has 0 spiro atoms. The number of likely N-dealkylation sites (N-methyl/N-ethyl adjacent to an activating group) is 2. The highest BCUT2D eigenvalue weighted by atomic mass is 16.2. The van der Waals surface area contributed by atoms with E-state index < -0.39 is 0 Å². The largest absolute Gasteiger partial charge is 0.342 e. The Morgan fingerprint density at radius 2 is 1.65 bits per heavy atom. The van der Waals surface area contributed by atoms with Gasteiger partial charge >= 0.3 is 0 Å². The first-order valence-corrected chi connectivity index (χ1v) is 6.39. The molecule has 0 aliphatic rings. The van der Waals surface area contributed by atoms with Gasteiger partial charge < -0.3 is 15.1 Å². The Morgan fingerprint density at radius 3 is 2.00 bits per heavy atom. The van der Waals surface area contributed by atoms with E-state index in [2.05, 4.69) is 38.2 Å². The zero-order chi connectivity index (χ0) is 13.6. The summed E-state index contributed by atoms with van der Waals surface area (Å²) in [5.41, 5.74) is 0. The van der Waals surface area contributed by atoms with Gasteiger partial charge in [-0.1, -0.05) is 13.8 Å². The van der Waals surface area contributed by atoms with Crippen molar-refractivity contribution in [1.29, 1.82) is 0 Å². The van der Waals surface area contributed by atoms with Gasteiger partial charge in [-0.2, -0.15) is 0 Å². The maximum Gasteiger partial charge on any atom is 0.236 e. The van der Waals surface area contributed by atoms with E-state index in [1.807, 2.05) is 20.9 Å². The lowest BCUT2D eigenvalue weighted by Crippen LogP contribution is -2.47. The van der Waals surface area contributed by atoms with Crippen LogP contribution >= 0.6 is 0 Å². The monoisotopic (exact) mass is 243 g/mol. The first-order valence-electron chi connectivity index (χ1n) is 6.39. The second kappa shape index (κ2) is 7.67. The molecule has 0 aromatic carbocycles. The Labute approximate surface area is 106 Å². The lowest BCUT2D eigenvalue weighted by atomic mass is 10.0. The van der Waals surface area contributed by atoms with Crippen LogP contribution < -0.4 is 5.32 Å². The highest BCUT2D eigenvalue weighted by Crippen LogP contribution is 2.03. The van der Waals surface area contributed by atoms with E-state index in [1.54, 1.807) is 4.90 Å². The van der Waals surface area contributed by atoms with Crippen molar-refractivity contribution in [3.63, 3.8) is 0 Å². The molecular weight excluding hydrogens is 214 g/mol. The quantitative estimate of drug-likeness (QED) is 0.725. The van der Waals surface area contributed by atoms with Gasteiger partial charge in [-0.25, -0.2) is 0 Å². The number of nitrogens with zero attached hydrogens (tertiary/aromatic N) is 2. The maximum atomic E-state index is 11.8. The molecule has 0 aliphatic heterocycles. The summed E-state index contributed by atoms with van der Waals surface area (Å²) in [6, 6.07) is 0.616. The molecule has 0 saturated carbocycles. The molecule has 102 valence electrons. The van der Waals surface area contributed by atoms with Crippen LogP contribution in [0, 0.1) is 5.92 Å². The highest BCUT2D eigenvalue weighted by molar-refractivity contribution is 5.78. The molecule has 0 heterocycles. The standard InChI is InChI=1S/C13H29N3O/c1-10(2)12(9-15(5)6)14-8-13(17)16(7)11(3)4/h10-12,14H,8-9H2,1-7H3. The minimum Gasteiger partial charge on any atom is -0.342 e. The van der Waals surface area contributed by atoms with Gasteiger partial charge in [0, 0.05) is 25.7 Å². The fourth-order valence-corrected chi connectivity index (χ4v) is 1.54. The zero-order valence-corrected chi connectivity index (χ0v) is 12.4. The van der Waals surface area contributed by atoms with Gasteiger partial charge in [0.1, 0.15) is 0 Å². The van der Waals surface area contributed by atoms with Crippen molar-refractivity contribution >= 4 is 5.91 Å². The number of hydrogen-bond donors (Lipinski definition) is 1. The molecule has 1 amide bonds. The molecule has 0 radical (unpaired) electrons. The van der Waals surface area contributed by atoms with Crippen LogP contribution in [-0.2, 0) is 4.79 Å². The third-order valence-corrected chi connectivity index (χ3v) is 3.05. The second-order valence-corrected chi connectivity index (χ2v) is 5.59. The van der Waals surface area contributed by atoms with Crippen LogP contribution in [0.2, 0.25) is 0 Å². The molecule has 0 fully saturated rings. The van der Waals surface area contributed by atoms with Gasteiger partial charge in [0.05, 0.1) is 6.54 Å². The van der Waals surface area contributed by atoms with Crippen molar-refractivity contribution in [2.75, 3.05) is 34.2 Å². The van der Waals surface area contributed by atoms with Crippen molar-refractivity contribution in [2.24, 2.45) is 5.92 Å². The number of carbonyl (C=O) groups is 1. The van der Waals surface area contributed by atoms with Gasteiger partial charge in [-0.05, 0) is 33.9 Å². The predicted octanol–water partition coefficient (Wildman–Crippen LogP) is 1.03. The lowest BCUT2D eigenvalue weighted by molar-refractivity contribution is -0.130. The van der Waals surface area contributed by atoms with Crippen LogP contribution in [0.4, 0.5) is 0 Å². The second-order valence-electron chi connectivity index (χ2n) is 5.59. The van der Waals surface area contributed by atoms with Gasteiger partial charge in [0.25, 0.3) is 0 Å². The maximum absolute atomic E-state index is 11.8. The topological polar surface area (TPSA) is 35.6 Å². The Morgan fingerprint density at radius 1 is 1.12 bits per heavy atom. The minimum absolute atomic E-state index is 0.157. The lowest BCUT2D eigenvalue weighted by Gasteiger charge is -2.27. The van der Waals surface area contributed by atoms with Crippen molar-refractivity contribution in [3.8, 4) is 0 Å². The normalized spacial score (nSPS) is 13.5. The highest BCUT2D eigenvalue weighted by Gasteiger charge is 2.17. The molecule has 17 heavy (non-hydrogen) atoms. The molecule has 0 bridgehead atoms. The van der Waals surface area contributed by atoms with Crippen molar-refractivity contribution in [2.45, 2.75) is 39.8 Å². The summed E-state index contributed by atoms with van der Waals surface area (Å²) in [6.07, 6.45) is 0. The van der Waals surface area contributed by atoms with Crippen LogP contribution in [-0.4, -0.2) is 62.0 Å². The summed E-state index contributed by atoms with van der Waals surface area (Å²) < 4.78 is 0. The fourth-order valence-electron chi connectivity index (χ4n) is 1.54. The van der Waals surface area contributed by atoms with Crippen LogP contribution in [0.5, 0.6) is 0 Å². The van der Waals surface area contributed by atoms with E-state index >= 15 is 0 Å². The van der Waals surface area contributed by atoms with E-state index in [-0.39, 0.29) is 11.9 Å². The minimum atomic E-state index is 0.157. The van der Waals surface area contributed by atoms with Crippen LogP contribution in [0.3, 0.4) is 0 Å². The molecule has 0 saturated heterocycles. The average molecular weight is 243 g/mol. The Kier molecular flexibility index (Phi) is 7.39. The van der Waals surface area contributed by atoms with E-state index in [1.165, 1.54) is 0 Å². The Hall–Kier alpha value is -0.610. The summed E-state index contributed by atoms with van der Waals surface area (Å²) >= 11 is 0. The average Bonchev–Trinajstić information content (AvgIpc) is 2.21. The summed E-state index contributed by atoms with van der Waals surface area (Å²) in [6.45, 7) is 9.78. The van der Waals surface area contributed by atoms with Gasteiger partial charge in [-0.15, -0.1) is 0 Å². The first kappa shape index (κ1) is 16.4. The molecule has 0 aromatic rings. The summed E-state index contributed by atoms with van der Waals surface area (Å²) in [4.78, 5) is 15.8. The molecule has 1 N–H and O–H groups in total. The molecule has 4 heteroatoms. The van der Waals surface area contributed by atoms with Gasteiger partial charge in [0.2, 0.25) is 5.91 Å². The van der Waals surface area contributed by atoms with Crippen molar-refractivity contribution in [3.05, 3.63) is 0 Å². The Bertz CT molecular complexity index is 227. The molecule has 1 unspecified atom stereocenters. The fraction of sp³-hybridized carbons (Fsp3) is 0.923. The van der Waals surface area contributed by atoms with E-state index in [4.69, 9.17) is 0 Å². The number of rotatable bonds is 7. The van der Waals surface area contributed by atoms with Gasteiger partial charge in [0.15, 0.2) is 0 Å². The van der Waals surface area contributed by atoms with Crippen LogP contribution in [0.15, 0.2) is 0 Å². The van der Waals surface area contributed by atoms with Crippen molar-refractivity contribution < 1.29 is 4.79 Å². The van der Waals surface area contributed by atoms with E-state index in [0.717, 1.165) is 6.54 Å². The Balaban J connectivity index is 4.17. The molecule has 0 aromatic heterocycles. The smallest absolute Gasteiger partial charge is 0.236 e. The van der Waals surface area contributed by atoms with Crippen molar-refractivity contribution in [1.82, 2.24) is 15.1 Å². The summed E-state index contributed by atoms with van der Waals surface area (Å²) in [5, 5.41) is 3.35. The molecular formula is C13H29N3O. The number of amides is 1. The van der Waals surface area contributed by atoms with E-state index in [0.29, 0.717) is 18.5 Å². The molecule has 1 atom stereocenters. The predicted molar refractivity (Wildman–Crippen MR) is 73.1 cm³/mol. The molecule has 0 rings (SSSR count). The number of hydrogen-bond acceptors (Lipinski definition) is 3. The number of nitrogens with one attached hydrogen (secondary N) is 1. The summed E-state index contributed by atoms with van der Waals surface area (Å²) in [5.74, 6) is 0.680. The SMILES string of the molecule is CC(C)C(CN(C)C)NCC(=O)N(C)C(C)C. The third-order valence-electron chi connectivity index (χ3n) is 3.05.